The molecule has 0 heterocycles. The normalized spacial score (nSPS) is 9.08. The fraction of sp³-hybridized carbons (Fsp3) is 0.222. The van der Waals surface area contributed by atoms with Gasteiger partial charge in [0.15, 0.2) is 0 Å². The minimum absolute atomic E-state index is 0.0878. The van der Waals surface area contributed by atoms with Crippen LogP contribution in [0.25, 0.3) is 0 Å². The Morgan fingerprint density at radius 1 is 1.50 bits per heavy atom. The van der Waals surface area contributed by atoms with Crippen LogP contribution in [0.15, 0.2) is 12.1 Å². The van der Waals surface area contributed by atoms with E-state index in [-0.39, 0.29) is 5.75 Å². The molecule has 0 spiro atoms. The fourth-order valence-electron chi connectivity index (χ4n) is 1.11. The molecule has 0 amide bonds. The van der Waals surface area contributed by atoms with Gasteiger partial charge in [-0.15, -0.1) is 0 Å². The Balaban J connectivity index is 3.36. The molecule has 1 aromatic carbocycles. The van der Waals surface area contributed by atoms with Crippen molar-refractivity contribution in [2.45, 2.75) is 6.92 Å². The number of rotatable bonds is 1. The molecule has 0 unspecified atom stereocenters. The van der Waals surface area contributed by atoms with E-state index in [0.717, 1.165) is 5.56 Å². The average molecular weight is 163 g/mol. The van der Waals surface area contributed by atoms with Gasteiger partial charge in [0.1, 0.15) is 17.6 Å². The van der Waals surface area contributed by atoms with Crippen molar-refractivity contribution in [1.29, 1.82) is 5.26 Å². The highest BCUT2D eigenvalue weighted by Gasteiger charge is 2.06. The number of hydrogen-bond acceptors (Lipinski definition) is 3. The van der Waals surface area contributed by atoms with Gasteiger partial charge in [-0.2, -0.15) is 5.26 Å². The van der Waals surface area contributed by atoms with Crippen molar-refractivity contribution < 1.29 is 9.84 Å². The molecule has 0 aliphatic carbocycles. The van der Waals surface area contributed by atoms with Crippen LogP contribution < -0.4 is 4.74 Å². The highest BCUT2D eigenvalue weighted by atomic mass is 16.5. The summed E-state index contributed by atoms with van der Waals surface area (Å²) < 4.78 is 4.99. The van der Waals surface area contributed by atoms with Gasteiger partial charge in [-0.25, -0.2) is 0 Å². The molecule has 12 heavy (non-hydrogen) atoms. The van der Waals surface area contributed by atoms with Gasteiger partial charge < -0.3 is 9.84 Å². The van der Waals surface area contributed by atoms with Crippen molar-refractivity contribution >= 4 is 0 Å². The molecule has 3 heteroatoms. The zero-order chi connectivity index (χ0) is 9.14. The van der Waals surface area contributed by atoms with Crippen molar-refractivity contribution in [2.24, 2.45) is 0 Å². The third kappa shape index (κ3) is 1.32. The van der Waals surface area contributed by atoms with E-state index in [9.17, 15) is 0 Å². The number of hydrogen-bond donors (Lipinski definition) is 1. The third-order valence-electron chi connectivity index (χ3n) is 1.58. The zero-order valence-electron chi connectivity index (χ0n) is 6.96. The Bertz CT molecular complexity index is 339. The van der Waals surface area contributed by atoms with E-state index in [1.165, 1.54) is 13.2 Å². The number of nitriles is 1. The monoisotopic (exact) mass is 163 g/mol. The van der Waals surface area contributed by atoms with Crippen LogP contribution in [0.5, 0.6) is 11.5 Å². The Morgan fingerprint density at radius 2 is 2.17 bits per heavy atom. The van der Waals surface area contributed by atoms with Crippen LogP contribution in [0.1, 0.15) is 11.1 Å². The first-order valence-corrected chi connectivity index (χ1v) is 3.46. The van der Waals surface area contributed by atoms with E-state index in [4.69, 9.17) is 15.1 Å². The first-order valence-electron chi connectivity index (χ1n) is 3.46. The molecule has 62 valence electrons. The largest absolute Gasteiger partial charge is 0.508 e. The van der Waals surface area contributed by atoms with E-state index >= 15 is 0 Å². The molecule has 3 nitrogen and oxygen atoms in total. The molecular weight excluding hydrogens is 154 g/mol. The average Bonchev–Trinajstić information content (AvgIpc) is 2.03. The topological polar surface area (TPSA) is 53.2 Å². The van der Waals surface area contributed by atoms with Crippen molar-refractivity contribution in [1.82, 2.24) is 0 Å². The van der Waals surface area contributed by atoms with Crippen molar-refractivity contribution in [3.63, 3.8) is 0 Å². The van der Waals surface area contributed by atoms with Crippen molar-refractivity contribution in [2.75, 3.05) is 7.11 Å². The second-order valence-electron chi connectivity index (χ2n) is 2.46. The molecule has 0 atom stereocenters. The molecule has 1 N–H and O–H groups in total. The summed E-state index contributed by atoms with van der Waals surface area (Å²) in [6.07, 6.45) is 0. The van der Waals surface area contributed by atoms with Gasteiger partial charge in [0, 0.05) is 6.07 Å². The van der Waals surface area contributed by atoms with Gasteiger partial charge in [0.25, 0.3) is 0 Å². The first kappa shape index (κ1) is 8.41. The Labute approximate surface area is 70.8 Å². The molecule has 0 saturated heterocycles. The van der Waals surface area contributed by atoms with Crippen LogP contribution in [0, 0.1) is 18.3 Å². The quantitative estimate of drug-likeness (QED) is 0.683. The lowest BCUT2D eigenvalue weighted by atomic mass is 10.1. The summed E-state index contributed by atoms with van der Waals surface area (Å²) in [6.45, 7) is 1.78. The van der Waals surface area contributed by atoms with Crippen LogP contribution in [0.4, 0.5) is 0 Å². The highest BCUT2D eigenvalue weighted by Crippen LogP contribution is 2.27. The molecule has 1 rings (SSSR count). The molecule has 1 aromatic rings. The maximum Gasteiger partial charge on any atom is 0.139 e. The van der Waals surface area contributed by atoms with E-state index in [1.54, 1.807) is 13.0 Å². The van der Waals surface area contributed by atoms with Gasteiger partial charge in [-0.05, 0) is 18.6 Å². The predicted octanol–water partition coefficient (Wildman–Crippen LogP) is 1.58. The third-order valence-corrected chi connectivity index (χ3v) is 1.58. The molecule has 0 bridgehead atoms. The van der Waals surface area contributed by atoms with Gasteiger partial charge >= 0.3 is 0 Å². The summed E-state index contributed by atoms with van der Waals surface area (Å²) in [5.74, 6) is 0.611. The lowest BCUT2D eigenvalue weighted by Crippen LogP contribution is -1.90. The van der Waals surface area contributed by atoms with Crippen LogP contribution >= 0.6 is 0 Å². The second kappa shape index (κ2) is 3.14. The number of aromatic hydroxyl groups is 1. The summed E-state index contributed by atoms with van der Waals surface area (Å²) in [4.78, 5) is 0. The molecule has 0 aliphatic rings. The van der Waals surface area contributed by atoms with E-state index in [1.807, 2.05) is 6.07 Å². The summed E-state index contributed by atoms with van der Waals surface area (Å²) in [5, 5.41) is 17.8. The van der Waals surface area contributed by atoms with E-state index < -0.39 is 0 Å². The van der Waals surface area contributed by atoms with Gasteiger partial charge in [0.05, 0.1) is 12.7 Å². The van der Waals surface area contributed by atoms with Crippen LogP contribution in [0.3, 0.4) is 0 Å². The lowest BCUT2D eigenvalue weighted by molar-refractivity contribution is 0.407. The maximum atomic E-state index is 9.14. The lowest BCUT2D eigenvalue weighted by Gasteiger charge is -2.06. The van der Waals surface area contributed by atoms with Crippen LogP contribution in [0.2, 0.25) is 0 Å². The number of ether oxygens (including phenoxy) is 1. The fourth-order valence-corrected chi connectivity index (χ4v) is 1.11. The minimum atomic E-state index is 0.0878. The molecule has 0 aromatic heterocycles. The van der Waals surface area contributed by atoms with Gasteiger partial charge in [-0.1, -0.05) is 0 Å². The summed E-state index contributed by atoms with van der Waals surface area (Å²) in [7, 11) is 1.50. The van der Waals surface area contributed by atoms with Gasteiger partial charge in [-0.3, -0.25) is 0 Å². The Morgan fingerprint density at radius 3 is 2.67 bits per heavy atom. The SMILES string of the molecule is COc1c(C)cc(O)cc1C#N. The number of phenolic OH excluding ortho intramolecular Hbond substituents is 1. The van der Waals surface area contributed by atoms with Crippen molar-refractivity contribution in [3.05, 3.63) is 23.3 Å². The molecule has 0 aliphatic heterocycles. The zero-order valence-corrected chi connectivity index (χ0v) is 6.96. The van der Waals surface area contributed by atoms with Crippen LogP contribution in [-0.4, -0.2) is 12.2 Å². The smallest absolute Gasteiger partial charge is 0.139 e. The summed E-state index contributed by atoms with van der Waals surface area (Å²) >= 11 is 0. The summed E-state index contributed by atoms with van der Waals surface area (Å²) in [5.41, 5.74) is 1.11. The molecule has 0 saturated carbocycles. The van der Waals surface area contributed by atoms with Crippen molar-refractivity contribution in [3.8, 4) is 17.6 Å². The van der Waals surface area contributed by atoms with Gasteiger partial charge in [0.2, 0.25) is 0 Å². The minimum Gasteiger partial charge on any atom is -0.508 e. The standard InChI is InChI=1S/C9H9NO2/c1-6-3-8(11)4-7(5-10)9(6)12-2/h3-4,11H,1-2H3. The maximum absolute atomic E-state index is 9.14. The number of methoxy groups -OCH3 is 1. The molecular formula is C9H9NO2. The van der Waals surface area contributed by atoms with Crippen LogP contribution in [-0.2, 0) is 0 Å². The molecule has 0 fully saturated rings. The molecule has 0 radical (unpaired) electrons. The first-order chi connectivity index (χ1) is 5.69. The summed E-state index contributed by atoms with van der Waals surface area (Å²) in [6, 6.07) is 4.88. The number of nitrogens with zero attached hydrogens (tertiary/aromatic N) is 1. The predicted molar refractivity (Wildman–Crippen MR) is 44.1 cm³/mol. The Kier molecular flexibility index (Phi) is 2.20. The van der Waals surface area contributed by atoms with E-state index in [2.05, 4.69) is 0 Å². The van der Waals surface area contributed by atoms with E-state index in [0.29, 0.717) is 11.3 Å². The Hall–Kier alpha value is -1.69. The number of aryl methyl sites for hydroxylation is 1. The second-order valence-corrected chi connectivity index (χ2v) is 2.46. The number of phenols is 1. The number of benzene rings is 1. The highest BCUT2D eigenvalue weighted by molar-refractivity contribution is 5.52.